The molecule has 0 saturated heterocycles. The maximum atomic E-state index is 5.50. The van der Waals surface area contributed by atoms with E-state index in [1.54, 1.807) is 0 Å². The molecule has 18 heavy (non-hydrogen) atoms. The zero-order chi connectivity index (χ0) is 13.2. The third-order valence-electron chi connectivity index (χ3n) is 3.39. The van der Waals surface area contributed by atoms with E-state index in [0.717, 1.165) is 19.5 Å². The average Bonchev–Trinajstić information content (AvgIpc) is 2.41. The molecule has 0 atom stereocenters. The van der Waals surface area contributed by atoms with E-state index in [1.807, 2.05) is 0 Å². The molecule has 0 saturated carbocycles. The van der Waals surface area contributed by atoms with Crippen LogP contribution in [0.15, 0.2) is 24.3 Å². The molecule has 0 aromatic heterocycles. The largest absolute Gasteiger partial charge is 0.375 e. The van der Waals surface area contributed by atoms with Gasteiger partial charge >= 0.3 is 0 Å². The van der Waals surface area contributed by atoms with E-state index in [0.29, 0.717) is 0 Å². The number of hydrogen-bond acceptors (Lipinski definition) is 2. The first-order valence-corrected chi connectivity index (χ1v) is 7.28. The summed E-state index contributed by atoms with van der Waals surface area (Å²) in [6.45, 7) is 4.17. The normalized spacial score (nSPS) is 10.6. The zero-order valence-electron chi connectivity index (χ0n) is 12.0. The second kappa shape index (κ2) is 8.98. The van der Waals surface area contributed by atoms with Crippen LogP contribution in [0.1, 0.15) is 44.6 Å². The predicted molar refractivity (Wildman–Crippen MR) is 81.2 cm³/mol. The Bertz CT molecular complexity index is 305. The lowest BCUT2D eigenvalue weighted by Crippen LogP contribution is -2.18. The fourth-order valence-corrected chi connectivity index (χ4v) is 2.10. The van der Waals surface area contributed by atoms with Gasteiger partial charge in [-0.2, -0.15) is 0 Å². The fourth-order valence-electron chi connectivity index (χ4n) is 2.10. The SMILES string of the molecule is CCCCc1ccc(N(C)CCCCCN)cc1. The van der Waals surface area contributed by atoms with Crippen LogP contribution in [0.5, 0.6) is 0 Å². The van der Waals surface area contributed by atoms with Crippen molar-refractivity contribution in [2.45, 2.75) is 45.4 Å². The van der Waals surface area contributed by atoms with E-state index in [1.165, 1.54) is 43.4 Å². The van der Waals surface area contributed by atoms with Gasteiger partial charge in [-0.1, -0.05) is 31.9 Å². The molecule has 0 fully saturated rings. The van der Waals surface area contributed by atoms with E-state index in [-0.39, 0.29) is 0 Å². The summed E-state index contributed by atoms with van der Waals surface area (Å²) < 4.78 is 0. The van der Waals surface area contributed by atoms with Gasteiger partial charge in [0, 0.05) is 19.3 Å². The third-order valence-corrected chi connectivity index (χ3v) is 3.39. The number of nitrogens with two attached hydrogens (primary N) is 1. The van der Waals surface area contributed by atoms with E-state index in [2.05, 4.69) is 43.1 Å². The van der Waals surface area contributed by atoms with E-state index >= 15 is 0 Å². The molecule has 0 heterocycles. The maximum Gasteiger partial charge on any atom is 0.0363 e. The first kappa shape index (κ1) is 15.0. The van der Waals surface area contributed by atoms with Crippen molar-refractivity contribution in [3.05, 3.63) is 29.8 Å². The Morgan fingerprint density at radius 2 is 1.72 bits per heavy atom. The van der Waals surface area contributed by atoms with Crippen molar-refractivity contribution < 1.29 is 0 Å². The Labute approximate surface area is 112 Å². The molecule has 102 valence electrons. The van der Waals surface area contributed by atoms with Gasteiger partial charge in [-0.15, -0.1) is 0 Å². The average molecular weight is 248 g/mol. The van der Waals surface area contributed by atoms with Gasteiger partial charge in [0.05, 0.1) is 0 Å². The van der Waals surface area contributed by atoms with Gasteiger partial charge in [0.25, 0.3) is 0 Å². The molecule has 0 unspecified atom stereocenters. The molecular formula is C16H28N2. The predicted octanol–water partition coefficient (Wildman–Crippen LogP) is 3.59. The molecule has 1 aromatic rings. The Balaban J connectivity index is 2.36. The van der Waals surface area contributed by atoms with Crippen molar-refractivity contribution in [2.75, 3.05) is 25.0 Å². The highest BCUT2D eigenvalue weighted by molar-refractivity contribution is 5.46. The van der Waals surface area contributed by atoms with Crippen LogP contribution in [0.4, 0.5) is 5.69 Å². The van der Waals surface area contributed by atoms with Crippen LogP contribution in [0, 0.1) is 0 Å². The van der Waals surface area contributed by atoms with Crippen LogP contribution in [0.25, 0.3) is 0 Å². The first-order valence-electron chi connectivity index (χ1n) is 7.28. The minimum Gasteiger partial charge on any atom is -0.375 e. The summed E-state index contributed by atoms with van der Waals surface area (Å²) in [5.41, 5.74) is 8.28. The summed E-state index contributed by atoms with van der Waals surface area (Å²) in [7, 11) is 2.17. The number of unbranched alkanes of at least 4 members (excludes halogenated alkanes) is 3. The summed E-state index contributed by atoms with van der Waals surface area (Å²) in [6, 6.07) is 9.02. The molecule has 0 radical (unpaired) electrons. The number of nitrogens with zero attached hydrogens (tertiary/aromatic N) is 1. The standard InChI is InChI=1S/C16H28N2/c1-3-4-8-15-9-11-16(12-10-15)18(2)14-7-5-6-13-17/h9-12H,3-8,13-14,17H2,1-2H3. The van der Waals surface area contributed by atoms with Gasteiger partial charge in [0.15, 0.2) is 0 Å². The Hall–Kier alpha value is -1.02. The molecular weight excluding hydrogens is 220 g/mol. The van der Waals surface area contributed by atoms with Gasteiger partial charge in [0.2, 0.25) is 0 Å². The highest BCUT2D eigenvalue weighted by Gasteiger charge is 2.00. The molecule has 2 N–H and O–H groups in total. The van der Waals surface area contributed by atoms with Crippen LogP contribution in [-0.4, -0.2) is 20.1 Å². The summed E-state index contributed by atoms with van der Waals surface area (Å²) >= 11 is 0. The van der Waals surface area contributed by atoms with Crippen LogP contribution in [0.2, 0.25) is 0 Å². The van der Waals surface area contributed by atoms with Crippen molar-refractivity contribution in [3.8, 4) is 0 Å². The monoisotopic (exact) mass is 248 g/mol. The van der Waals surface area contributed by atoms with Gasteiger partial charge in [-0.05, 0) is 49.9 Å². The van der Waals surface area contributed by atoms with E-state index < -0.39 is 0 Å². The molecule has 0 aliphatic carbocycles. The molecule has 2 nitrogen and oxygen atoms in total. The molecule has 2 heteroatoms. The highest BCUT2D eigenvalue weighted by atomic mass is 15.1. The first-order chi connectivity index (χ1) is 8.77. The molecule has 0 aliphatic heterocycles. The Morgan fingerprint density at radius 3 is 2.33 bits per heavy atom. The Kier molecular flexibility index (Phi) is 7.51. The number of benzene rings is 1. The molecule has 0 bridgehead atoms. The quantitative estimate of drug-likeness (QED) is 0.677. The van der Waals surface area contributed by atoms with Crippen molar-refractivity contribution in [1.82, 2.24) is 0 Å². The summed E-state index contributed by atoms with van der Waals surface area (Å²) in [6.07, 6.45) is 7.36. The topological polar surface area (TPSA) is 29.3 Å². The molecule has 1 aromatic carbocycles. The lowest BCUT2D eigenvalue weighted by atomic mass is 10.1. The van der Waals surface area contributed by atoms with Gasteiger partial charge < -0.3 is 10.6 Å². The van der Waals surface area contributed by atoms with Crippen LogP contribution < -0.4 is 10.6 Å². The smallest absolute Gasteiger partial charge is 0.0363 e. The highest BCUT2D eigenvalue weighted by Crippen LogP contribution is 2.15. The maximum absolute atomic E-state index is 5.50. The number of rotatable bonds is 9. The molecule has 0 amide bonds. The number of anilines is 1. The summed E-state index contributed by atoms with van der Waals surface area (Å²) in [5, 5.41) is 0. The van der Waals surface area contributed by atoms with Crippen LogP contribution in [-0.2, 0) is 6.42 Å². The number of aryl methyl sites for hydroxylation is 1. The lowest BCUT2D eigenvalue weighted by Gasteiger charge is -2.19. The molecule has 1 rings (SSSR count). The number of hydrogen-bond donors (Lipinski definition) is 1. The van der Waals surface area contributed by atoms with Crippen molar-refractivity contribution in [1.29, 1.82) is 0 Å². The van der Waals surface area contributed by atoms with Gasteiger partial charge in [-0.25, -0.2) is 0 Å². The second-order valence-corrected chi connectivity index (χ2v) is 5.04. The third kappa shape index (κ3) is 5.54. The second-order valence-electron chi connectivity index (χ2n) is 5.04. The van der Waals surface area contributed by atoms with E-state index in [4.69, 9.17) is 5.73 Å². The molecule has 0 aliphatic rings. The van der Waals surface area contributed by atoms with Crippen molar-refractivity contribution in [3.63, 3.8) is 0 Å². The summed E-state index contributed by atoms with van der Waals surface area (Å²) in [4.78, 5) is 2.33. The minimum absolute atomic E-state index is 0.815. The summed E-state index contributed by atoms with van der Waals surface area (Å²) in [5.74, 6) is 0. The van der Waals surface area contributed by atoms with Gasteiger partial charge in [-0.3, -0.25) is 0 Å². The van der Waals surface area contributed by atoms with Crippen molar-refractivity contribution in [2.24, 2.45) is 5.73 Å². The Morgan fingerprint density at radius 1 is 1.00 bits per heavy atom. The fraction of sp³-hybridized carbons (Fsp3) is 0.625. The zero-order valence-corrected chi connectivity index (χ0v) is 12.0. The van der Waals surface area contributed by atoms with E-state index in [9.17, 15) is 0 Å². The molecule has 0 spiro atoms. The minimum atomic E-state index is 0.815. The lowest BCUT2D eigenvalue weighted by molar-refractivity contribution is 0.679. The van der Waals surface area contributed by atoms with Crippen LogP contribution in [0.3, 0.4) is 0 Å². The van der Waals surface area contributed by atoms with Crippen LogP contribution >= 0.6 is 0 Å². The van der Waals surface area contributed by atoms with Gasteiger partial charge in [0.1, 0.15) is 0 Å². The van der Waals surface area contributed by atoms with Crippen molar-refractivity contribution >= 4 is 5.69 Å².